The van der Waals surface area contributed by atoms with Gasteiger partial charge >= 0.3 is 0 Å². The Kier molecular flexibility index (Phi) is 3.04. The molecule has 0 aromatic heterocycles. The molecule has 0 atom stereocenters. The fraction of sp³-hybridized carbons (Fsp3) is 0.100. The van der Waals surface area contributed by atoms with Crippen LogP contribution in [-0.2, 0) is 0 Å². The summed E-state index contributed by atoms with van der Waals surface area (Å²) < 4.78 is 25.7. The van der Waals surface area contributed by atoms with Crippen LogP contribution in [-0.4, -0.2) is 0 Å². The van der Waals surface area contributed by atoms with Gasteiger partial charge in [0.15, 0.2) is 0 Å². The van der Waals surface area contributed by atoms with Gasteiger partial charge in [-0.3, -0.25) is 0 Å². The van der Waals surface area contributed by atoms with Crippen molar-refractivity contribution in [2.24, 2.45) is 0 Å². The van der Waals surface area contributed by atoms with Gasteiger partial charge in [0, 0.05) is 5.56 Å². The average molecular weight is 192 g/mol. The Balaban J connectivity index is 3.04. The summed E-state index contributed by atoms with van der Waals surface area (Å²) in [5.74, 6) is 3.20. The van der Waals surface area contributed by atoms with Crippen molar-refractivity contribution in [3.05, 3.63) is 29.3 Å². The predicted octanol–water partition coefficient (Wildman–Crippen LogP) is 1.81. The highest BCUT2D eigenvalue weighted by Crippen LogP contribution is 2.16. The fourth-order valence-corrected chi connectivity index (χ4v) is 0.842. The molecule has 2 nitrogen and oxygen atoms in total. The van der Waals surface area contributed by atoms with Crippen molar-refractivity contribution < 1.29 is 8.78 Å². The minimum atomic E-state index is -0.841. The number of nitrogens with two attached hydrogens (primary N) is 1. The molecule has 2 N–H and O–H groups in total. The number of nitrogen functional groups attached to an aromatic ring is 1. The summed E-state index contributed by atoms with van der Waals surface area (Å²) in [7, 11) is 0. The quantitative estimate of drug-likeness (QED) is 0.503. The zero-order chi connectivity index (χ0) is 10.6. The summed E-state index contributed by atoms with van der Waals surface area (Å²) >= 11 is 0. The van der Waals surface area contributed by atoms with E-state index in [1.807, 2.05) is 0 Å². The van der Waals surface area contributed by atoms with Crippen LogP contribution in [0, 0.1) is 34.8 Å². The maximum absolute atomic E-state index is 12.9. The maximum atomic E-state index is 12.9. The number of nitrogens with zero attached hydrogens (tertiary/aromatic N) is 1. The first kappa shape index (κ1) is 10.0. The van der Waals surface area contributed by atoms with Gasteiger partial charge in [0.2, 0.25) is 0 Å². The van der Waals surface area contributed by atoms with E-state index in [-0.39, 0.29) is 12.0 Å². The molecule has 1 rings (SSSR count). The highest BCUT2D eigenvalue weighted by atomic mass is 19.1. The van der Waals surface area contributed by atoms with Gasteiger partial charge in [-0.15, -0.1) is 0 Å². The Morgan fingerprint density at radius 1 is 1.29 bits per heavy atom. The number of rotatable bonds is 0. The van der Waals surface area contributed by atoms with E-state index in [0.717, 1.165) is 12.1 Å². The lowest BCUT2D eigenvalue weighted by molar-refractivity contribution is 0.591. The van der Waals surface area contributed by atoms with E-state index >= 15 is 0 Å². The summed E-state index contributed by atoms with van der Waals surface area (Å²) in [6, 6.07) is 3.85. The standard InChI is InChI=1S/C10H6F2N2/c11-8-5-7(3-1-2-4-13)6-9(12)10(8)14/h5-6H,2,14H2. The lowest BCUT2D eigenvalue weighted by Crippen LogP contribution is -1.96. The second-order valence-electron chi connectivity index (χ2n) is 2.49. The fourth-order valence-electron chi connectivity index (χ4n) is 0.842. The maximum Gasteiger partial charge on any atom is 0.150 e. The lowest BCUT2D eigenvalue weighted by atomic mass is 10.2. The molecule has 0 spiro atoms. The number of hydrogen-bond acceptors (Lipinski definition) is 2. The van der Waals surface area contributed by atoms with Gasteiger partial charge in [0.25, 0.3) is 0 Å². The smallest absolute Gasteiger partial charge is 0.150 e. The molecule has 0 saturated carbocycles. The molecule has 0 aliphatic heterocycles. The molecular weight excluding hydrogens is 186 g/mol. The van der Waals surface area contributed by atoms with Crippen molar-refractivity contribution in [1.82, 2.24) is 0 Å². The van der Waals surface area contributed by atoms with E-state index in [2.05, 4.69) is 11.8 Å². The zero-order valence-electron chi connectivity index (χ0n) is 7.14. The summed E-state index contributed by atoms with van der Waals surface area (Å²) in [4.78, 5) is 0. The summed E-state index contributed by atoms with van der Waals surface area (Å²) in [6.45, 7) is 0. The molecule has 0 amide bonds. The van der Waals surface area contributed by atoms with E-state index in [0.29, 0.717) is 0 Å². The molecule has 1 aromatic carbocycles. The van der Waals surface area contributed by atoms with Crippen LogP contribution in [0.5, 0.6) is 0 Å². The van der Waals surface area contributed by atoms with Crippen LogP contribution in [0.2, 0.25) is 0 Å². The molecule has 70 valence electrons. The minimum Gasteiger partial charge on any atom is -0.394 e. The number of benzene rings is 1. The Bertz CT molecular complexity index is 426. The Labute approximate surface area is 80.0 Å². The van der Waals surface area contributed by atoms with Crippen LogP contribution in [0.3, 0.4) is 0 Å². The molecule has 0 fully saturated rings. The molecule has 0 radical (unpaired) electrons. The van der Waals surface area contributed by atoms with Gasteiger partial charge < -0.3 is 5.73 Å². The van der Waals surface area contributed by atoms with Crippen LogP contribution in [0.1, 0.15) is 12.0 Å². The largest absolute Gasteiger partial charge is 0.394 e. The van der Waals surface area contributed by atoms with Crippen molar-refractivity contribution >= 4 is 5.69 Å². The lowest BCUT2D eigenvalue weighted by Gasteiger charge is -1.98. The Hall–Kier alpha value is -2.07. The number of halogens is 2. The van der Waals surface area contributed by atoms with Crippen molar-refractivity contribution in [3.63, 3.8) is 0 Å². The van der Waals surface area contributed by atoms with Crippen LogP contribution >= 0.6 is 0 Å². The van der Waals surface area contributed by atoms with Gasteiger partial charge in [-0.25, -0.2) is 8.78 Å². The summed E-state index contributed by atoms with van der Waals surface area (Å²) in [5.41, 5.74) is 4.71. The normalized spacial score (nSPS) is 8.64. The van der Waals surface area contributed by atoms with Gasteiger partial charge in [-0.1, -0.05) is 11.8 Å². The Morgan fingerprint density at radius 3 is 2.36 bits per heavy atom. The highest BCUT2D eigenvalue weighted by molar-refractivity contribution is 5.47. The van der Waals surface area contributed by atoms with Crippen molar-refractivity contribution in [2.75, 3.05) is 5.73 Å². The van der Waals surface area contributed by atoms with E-state index in [4.69, 9.17) is 11.0 Å². The van der Waals surface area contributed by atoms with Crippen molar-refractivity contribution in [1.29, 1.82) is 5.26 Å². The SMILES string of the molecule is N#CCC#Cc1cc(F)c(N)c(F)c1. The first-order valence-corrected chi connectivity index (χ1v) is 3.75. The predicted molar refractivity (Wildman–Crippen MR) is 47.9 cm³/mol. The van der Waals surface area contributed by atoms with E-state index in [9.17, 15) is 8.78 Å². The summed E-state index contributed by atoms with van der Waals surface area (Å²) in [6.07, 6.45) is 0.0214. The van der Waals surface area contributed by atoms with Crippen molar-refractivity contribution in [3.8, 4) is 17.9 Å². The second kappa shape index (κ2) is 4.25. The number of hydrogen-bond donors (Lipinski definition) is 1. The van der Waals surface area contributed by atoms with E-state index in [1.54, 1.807) is 6.07 Å². The average Bonchev–Trinajstić information content (AvgIpc) is 2.14. The monoisotopic (exact) mass is 192 g/mol. The van der Waals surface area contributed by atoms with Gasteiger partial charge in [0.05, 0.1) is 12.5 Å². The van der Waals surface area contributed by atoms with Crippen LogP contribution in [0.4, 0.5) is 14.5 Å². The van der Waals surface area contributed by atoms with E-state index in [1.165, 1.54) is 0 Å². The molecule has 0 bridgehead atoms. The van der Waals surface area contributed by atoms with Gasteiger partial charge in [0.1, 0.15) is 17.3 Å². The van der Waals surface area contributed by atoms with Crippen LogP contribution < -0.4 is 5.73 Å². The molecule has 0 heterocycles. The third-order valence-electron chi connectivity index (χ3n) is 1.48. The van der Waals surface area contributed by atoms with Gasteiger partial charge in [-0.05, 0) is 12.1 Å². The van der Waals surface area contributed by atoms with Crippen LogP contribution in [0.25, 0.3) is 0 Å². The second-order valence-corrected chi connectivity index (χ2v) is 2.49. The number of anilines is 1. The number of nitriles is 1. The van der Waals surface area contributed by atoms with Crippen LogP contribution in [0.15, 0.2) is 12.1 Å². The minimum absolute atomic E-state index is 0.0214. The molecule has 1 aromatic rings. The van der Waals surface area contributed by atoms with Gasteiger partial charge in [-0.2, -0.15) is 5.26 Å². The zero-order valence-corrected chi connectivity index (χ0v) is 7.14. The first-order chi connectivity index (χ1) is 6.65. The molecule has 14 heavy (non-hydrogen) atoms. The Morgan fingerprint density at radius 2 is 1.86 bits per heavy atom. The molecular formula is C10H6F2N2. The molecule has 4 heteroatoms. The first-order valence-electron chi connectivity index (χ1n) is 3.75. The molecule has 0 aliphatic carbocycles. The summed E-state index contributed by atoms with van der Waals surface area (Å²) in [5, 5.41) is 8.18. The molecule has 0 saturated heterocycles. The van der Waals surface area contributed by atoms with Crippen molar-refractivity contribution in [2.45, 2.75) is 6.42 Å². The highest BCUT2D eigenvalue weighted by Gasteiger charge is 2.05. The third-order valence-corrected chi connectivity index (χ3v) is 1.48. The third kappa shape index (κ3) is 2.21. The molecule has 0 aliphatic rings. The van der Waals surface area contributed by atoms with E-state index < -0.39 is 17.3 Å². The topological polar surface area (TPSA) is 49.8 Å². The molecule has 0 unspecified atom stereocenters.